The summed E-state index contributed by atoms with van der Waals surface area (Å²) in [6.45, 7) is 1.59. The third kappa shape index (κ3) is 2.77. The fraction of sp³-hybridized carbons (Fsp3) is 0.333. The van der Waals surface area contributed by atoms with Crippen LogP contribution in [0.2, 0.25) is 0 Å². The largest absolute Gasteiger partial charge is 0.478 e. The monoisotopic (exact) mass is 229 g/mol. The van der Waals surface area contributed by atoms with E-state index in [4.69, 9.17) is 9.84 Å². The van der Waals surface area contributed by atoms with Gasteiger partial charge in [-0.05, 0) is 18.4 Å². The maximum Gasteiger partial charge on any atom is 0.338 e. The molecule has 0 saturated heterocycles. The fourth-order valence-electron chi connectivity index (χ4n) is 0.895. The normalized spacial score (nSPS) is 12.1. The first-order chi connectivity index (χ1) is 7.06. The molecule has 0 radical (unpaired) electrons. The number of nitrogens with one attached hydrogen (secondary N) is 1. The number of carbonyl (C=O) groups is 2. The molecule has 1 heterocycles. The maximum absolute atomic E-state index is 11.4. The lowest BCUT2D eigenvalue weighted by Crippen LogP contribution is -2.26. The van der Waals surface area contributed by atoms with Crippen LogP contribution in [0.25, 0.3) is 0 Å². The first kappa shape index (κ1) is 11.7. The van der Waals surface area contributed by atoms with Crippen LogP contribution in [0.3, 0.4) is 0 Å². The maximum atomic E-state index is 11.4. The van der Waals surface area contributed by atoms with Gasteiger partial charge in [-0.15, -0.1) is 11.3 Å². The Morgan fingerprint density at radius 2 is 2.27 bits per heavy atom. The molecule has 1 rings (SSSR count). The van der Waals surface area contributed by atoms with Crippen molar-refractivity contribution in [2.75, 3.05) is 12.4 Å². The summed E-state index contributed by atoms with van der Waals surface area (Å²) in [4.78, 5) is 22.1. The van der Waals surface area contributed by atoms with Crippen LogP contribution >= 0.6 is 11.3 Å². The molecule has 0 bridgehead atoms. The van der Waals surface area contributed by atoms with Crippen molar-refractivity contribution in [1.29, 1.82) is 0 Å². The molecule has 0 aliphatic heterocycles. The van der Waals surface area contributed by atoms with Gasteiger partial charge in [0.05, 0.1) is 5.56 Å². The Bertz CT molecular complexity index is 374. The van der Waals surface area contributed by atoms with E-state index in [9.17, 15) is 9.59 Å². The molecule has 6 heteroatoms. The molecule has 0 fully saturated rings. The predicted octanol–water partition coefficient (Wildman–Crippen LogP) is 1.42. The van der Waals surface area contributed by atoms with E-state index in [1.165, 1.54) is 24.5 Å². The van der Waals surface area contributed by atoms with Crippen LogP contribution in [0.4, 0.5) is 5.00 Å². The lowest BCUT2D eigenvalue weighted by molar-refractivity contribution is -0.124. The number of amides is 1. The van der Waals surface area contributed by atoms with E-state index < -0.39 is 12.1 Å². The van der Waals surface area contributed by atoms with Crippen molar-refractivity contribution in [1.82, 2.24) is 0 Å². The summed E-state index contributed by atoms with van der Waals surface area (Å²) in [5.41, 5.74) is 0.0941. The highest BCUT2D eigenvalue weighted by molar-refractivity contribution is 7.14. The van der Waals surface area contributed by atoms with Gasteiger partial charge < -0.3 is 15.2 Å². The number of hydrogen-bond acceptors (Lipinski definition) is 4. The summed E-state index contributed by atoms with van der Waals surface area (Å²) >= 11 is 1.17. The second kappa shape index (κ2) is 4.90. The summed E-state index contributed by atoms with van der Waals surface area (Å²) in [5, 5.41) is 13.2. The van der Waals surface area contributed by atoms with Crippen molar-refractivity contribution in [3.63, 3.8) is 0 Å². The zero-order chi connectivity index (χ0) is 11.4. The molecule has 1 aromatic heterocycles. The lowest BCUT2D eigenvalue weighted by atomic mass is 10.3. The first-order valence-electron chi connectivity index (χ1n) is 4.20. The number of hydrogen-bond donors (Lipinski definition) is 2. The molecule has 0 saturated carbocycles. The highest BCUT2D eigenvalue weighted by atomic mass is 32.1. The number of anilines is 1. The molecule has 15 heavy (non-hydrogen) atoms. The second-order valence-electron chi connectivity index (χ2n) is 2.84. The molecule has 0 aliphatic rings. The van der Waals surface area contributed by atoms with Gasteiger partial charge in [0.2, 0.25) is 0 Å². The van der Waals surface area contributed by atoms with Gasteiger partial charge in [0, 0.05) is 7.11 Å². The summed E-state index contributed by atoms with van der Waals surface area (Å²) in [6.07, 6.45) is -0.603. The van der Waals surface area contributed by atoms with E-state index in [1.807, 2.05) is 0 Å². The van der Waals surface area contributed by atoms with Gasteiger partial charge in [0.25, 0.3) is 5.91 Å². The Hall–Kier alpha value is -1.40. The van der Waals surface area contributed by atoms with Gasteiger partial charge in [-0.1, -0.05) is 0 Å². The number of methoxy groups -OCH3 is 1. The molecule has 82 valence electrons. The summed E-state index contributed by atoms with van der Waals surface area (Å²) in [5.74, 6) is -1.42. The molecule has 1 unspecified atom stereocenters. The second-order valence-corrected chi connectivity index (χ2v) is 3.75. The van der Waals surface area contributed by atoms with Gasteiger partial charge in [-0.2, -0.15) is 0 Å². The standard InChI is InChI=1S/C9H11NO4S/c1-5(14-2)7(11)10-8-6(9(12)13)3-4-15-8/h3-5H,1-2H3,(H,10,11)(H,12,13). The van der Waals surface area contributed by atoms with Crippen LogP contribution in [0.1, 0.15) is 17.3 Å². The van der Waals surface area contributed by atoms with Crippen molar-refractivity contribution in [2.24, 2.45) is 0 Å². The number of rotatable bonds is 4. The Morgan fingerprint density at radius 1 is 1.60 bits per heavy atom. The van der Waals surface area contributed by atoms with Crippen LogP contribution in [-0.2, 0) is 9.53 Å². The molecular weight excluding hydrogens is 218 g/mol. The van der Waals surface area contributed by atoms with Gasteiger partial charge in [-0.3, -0.25) is 4.79 Å². The van der Waals surface area contributed by atoms with Crippen molar-refractivity contribution in [2.45, 2.75) is 13.0 Å². The summed E-state index contributed by atoms with van der Waals surface area (Å²) < 4.78 is 4.81. The van der Waals surface area contributed by atoms with Crippen molar-refractivity contribution in [3.8, 4) is 0 Å². The highest BCUT2D eigenvalue weighted by Gasteiger charge is 2.17. The predicted molar refractivity (Wildman–Crippen MR) is 56.4 cm³/mol. The number of carboxylic acid groups (broad SMARTS) is 1. The van der Waals surface area contributed by atoms with Crippen molar-refractivity contribution >= 4 is 28.2 Å². The third-order valence-corrected chi connectivity index (χ3v) is 2.68. The van der Waals surface area contributed by atoms with E-state index in [-0.39, 0.29) is 11.5 Å². The number of carbonyl (C=O) groups excluding carboxylic acids is 1. The fourth-order valence-corrected chi connectivity index (χ4v) is 1.68. The van der Waals surface area contributed by atoms with Gasteiger partial charge >= 0.3 is 5.97 Å². The Labute approximate surface area is 90.7 Å². The molecule has 5 nitrogen and oxygen atoms in total. The van der Waals surface area contributed by atoms with E-state index in [1.54, 1.807) is 12.3 Å². The topological polar surface area (TPSA) is 75.6 Å². The minimum atomic E-state index is -1.06. The molecule has 0 spiro atoms. The van der Waals surface area contributed by atoms with Crippen LogP contribution in [-0.4, -0.2) is 30.2 Å². The van der Waals surface area contributed by atoms with Crippen LogP contribution in [0.5, 0.6) is 0 Å². The summed E-state index contributed by atoms with van der Waals surface area (Å²) in [6, 6.07) is 1.44. The molecule has 0 aromatic carbocycles. The Morgan fingerprint density at radius 3 is 2.80 bits per heavy atom. The van der Waals surface area contributed by atoms with E-state index in [0.29, 0.717) is 5.00 Å². The third-order valence-electron chi connectivity index (χ3n) is 1.86. The van der Waals surface area contributed by atoms with Crippen LogP contribution in [0, 0.1) is 0 Å². The number of ether oxygens (including phenoxy) is 1. The van der Waals surface area contributed by atoms with E-state index in [0.717, 1.165) is 0 Å². The average molecular weight is 229 g/mol. The number of carboxylic acids is 1. The van der Waals surface area contributed by atoms with E-state index >= 15 is 0 Å². The minimum absolute atomic E-state index is 0.0941. The van der Waals surface area contributed by atoms with Gasteiger partial charge in [0.15, 0.2) is 0 Å². The van der Waals surface area contributed by atoms with Crippen molar-refractivity contribution < 1.29 is 19.4 Å². The average Bonchev–Trinajstić information content (AvgIpc) is 2.64. The molecular formula is C9H11NO4S. The van der Waals surface area contributed by atoms with E-state index in [2.05, 4.69) is 5.32 Å². The molecule has 1 atom stereocenters. The molecule has 1 aromatic rings. The molecule has 1 amide bonds. The Kier molecular flexibility index (Phi) is 3.81. The van der Waals surface area contributed by atoms with Crippen LogP contribution in [0.15, 0.2) is 11.4 Å². The quantitative estimate of drug-likeness (QED) is 0.818. The van der Waals surface area contributed by atoms with Gasteiger partial charge in [0.1, 0.15) is 11.1 Å². The smallest absolute Gasteiger partial charge is 0.338 e. The lowest BCUT2D eigenvalue weighted by Gasteiger charge is -2.09. The zero-order valence-electron chi connectivity index (χ0n) is 8.31. The summed E-state index contributed by atoms with van der Waals surface area (Å²) in [7, 11) is 1.41. The minimum Gasteiger partial charge on any atom is -0.478 e. The first-order valence-corrected chi connectivity index (χ1v) is 5.08. The SMILES string of the molecule is COC(C)C(=O)Nc1sccc1C(=O)O. The highest BCUT2D eigenvalue weighted by Crippen LogP contribution is 2.23. The molecule has 0 aliphatic carbocycles. The van der Waals surface area contributed by atoms with Crippen molar-refractivity contribution in [3.05, 3.63) is 17.0 Å². The van der Waals surface area contributed by atoms with Crippen LogP contribution < -0.4 is 5.32 Å². The Balaban J connectivity index is 2.76. The van der Waals surface area contributed by atoms with Gasteiger partial charge in [-0.25, -0.2) is 4.79 Å². The zero-order valence-corrected chi connectivity index (χ0v) is 9.13. The number of aromatic carboxylic acids is 1. The number of thiophene rings is 1. The molecule has 2 N–H and O–H groups in total.